The minimum Gasteiger partial charge on any atom is -0.406 e. The second kappa shape index (κ2) is 9.83. The third kappa shape index (κ3) is 5.23. The lowest BCUT2D eigenvalue weighted by Gasteiger charge is -2.31. The second-order valence-electron chi connectivity index (χ2n) is 8.54. The lowest BCUT2D eigenvalue weighted by Crippen LogP contribution is -2.44. The topological polar surface area (TPSA) is 59.1 Å². The maximum absolute atomic E-state index is 13.0. The first-order valence-electron chi connectivity index (χ1n) is 10.6. The number of nitrogens with zero attached hydrogens (tertiary/aromatic N) is 2. The molecule has 0 bridgehead atoms. The lowest BCUT2D eigenvalue weighted by molar-refractivity contribution is 0.113. The zero-order valence-corrected chi connectivity index (χ0v) is 19.3. The average molecular weight is 415 g/mol. The second-order valence-corrected chi connectivity index (χ2v) is 8.54. The number of carbonyl (C=O) groups is 2. The molecule has 0 aromatic heterocycles. The summed E-state index contributed by atoms with van der Waals surface area (Å²) in [4.78, 5) is 29.2. The average Bonchev–Trinajstić information content (AvgIpc) is 2.62. The highest BCUT2D eigenvalue weighted by molar-refractivity contribution is 5.93. The van der Waals surface area contributed by atoms with E-state index in [9.17, 15) is 9.59 Å². The molecule has 0 N–H and O–H groups in total. The molecule has 0 fully saturated rings. The third-order valence-electron chi connectivity index (χ3n) is 4.88. The van der Waals surface area contributed by atoms with Crippen LogP contribution in [0.1, 0.15) is 55.4 Å². The van der Waals surface area contributed by atoms with Gasteiger partial charge in [-0.15, -0.1) is 0 Å². The van der Waals surface area contributed by atoms with E-state index in [1.54, 1.807) is 15.9 Å². The van der Waals surface area contributed by atoms with Crippen LogP contribution in [-0.2, 0) is 0 Å². The fourth-order valence-electron chi connectivity index (χ4n) is 3.73. The molecule has 30 heavy (non-hydrogen) atoms. The Kier molecular flexibility index (Phi) is 7.71. The van der Waals surface area contributed by atoms with E-state index in [1.807, 2.05) is 85.7 Å². The summed E-state index contributed by atoms with van der Waals surface area (Å²) in [5, 5.41) is 1.61. The molecule has 0 aliphatic carbocycles. The molecule has 164 valence electrons. The van der Waals surface area contributed by atoms with E-state index in [2.05, 4.69) is 0 Å². The van der Waals surface area contributed by atoms with Gasteiger partial charge in [-0.25, -0.2) is 9.59 Å². The van der Waals surface area contributed by atoms with Crippen LogP contribution in [-0.4, -0.2) is 46.2 Å². The van der Waals surface area contributed by atoms with E-state index in [0.717, 1.165) is 5.39 Å². The van der Waals surface area contributed by atoms with Gasteiger partial charge in [-0.2, -0.15) is 0 Å². The van der Waals surface area contributed by atoms with Crippen molar-refractivity contribution < 1.29 is 19.1 Å². The largest absolute Gasteiger partial charge is 0.415 e. The number of carbonyl (C=O) groups excluding carboxylic acids is 2. The Labute approximate surface area is 179 Å². The third-order valence-corrected chi connectivity index (χ3v) is 4.88. The molecule has 2 rings (SSSR count). The van der Waals surface area contributed by atoms with Gasteiger partial charge in [-0.05, 0) is 66.8 Å². The molecule has 0 saturated heterocycles. The normalized spacial score (nSPS) is 11.5. The van der Waals surface area contributed by atoms with Crippen LogP contribution >= 0.6 is 0 Å². The molecule has 0 saturated carbocycles. The molecule has 6 nitrogen and oxygen atoms in total. The molecule has 0 aliphatic heterocycles. The van der Waals surface area contributed by atoms with Crippen LogP contribution in [0.3, 0.4) is 0 Å². The van der Waals surface area contributed by atoms with Crippen molar-refractivity contribution in [1.82, 2.24) is 9.80 Å². The number of hydrogen-bond acceptors (Lipinski definition) is 4. The van der Waals surface area contributed by atoms with E-state index in [0.29, 0.717) is 5.39 Å². The Morgan fingerprint density at radius 3 is 1.63 bits per heavy atom. The smallest absolute Gasteiger partial charge is 0.406 e. The molecule has 2 aromatic rings. The van der Waals surface area contributed by atoms with Gasteiger partial charge in [-0.1, -0.05) is 30.3 Å². The first-order valence-corrected chi connectivity index (χ1v) is 10.6. The van der Waals surface area contributed by atoms with Gasteiger partial charge in [0.25, 0.3) is 0 Å². The number of amides is 2. The quantitative estimate of drug-likeness (QED) is 0.575. The Hall–Kier alpha value is -2.76. The fraction of sp³-hybridized carbons (Fsp3) is 0.500. The zero-order chi connectivity index (χ0) is 22.6. The Morgan fingerprint density at radius 2 is 1.13 bits per heavy atom. The van der Waals surface area contributed by atoms with E-state index >= 15 is 0 Å². The SMILES string of the molecule is CC(C)N(C(=O)Oc1ccc2ccccc2c1OC(=O)N(C(C)C)C(C)C)C(C)C. The van der Waals surface area contributed by atoms with Crippen LogP contribution in [0.2, 0.25) is 0 Å². The molecule has 0 heterocycles. The van der Waals surface area contributed by atoms with Crippen molar-refractivity contribution >= 4 is 23.0 Å². The van der Waals surface area contributed by atoms with Gasteiger partial charge in [0.05, 0.1) is 0 Å². The first kappa shape index (κ1) is 23.5. The van der Waals surface area contributed by atoms with Crippen LogP contribution in [0.15, 0.2) is 36.4 Å². The zero-order valence-electron chi connectivity index (χ0n) is 19.3. The number of ether oxygens (including phenoxy) is 2. The predicted molar refractivity (Wildman–Crippen MR) is 120 cm³/mol. The van der Waals surface area contributed by atoms with Gasteiger partial charge in [0.2, 0.25) is 0 Å². The molecule has 2 amide bonds. The summed E-state index contributed by atoms with van der Waals surface area (Å²) in [6.07, 6.45) is -0.949. The molecule has 0 aliphatic rings. The molecule has 6 heteroatoms. The summed E-state index contributed by atoms with van der Waals surface area (Å²) in [6.45, 7) is 15.5. The van der Waals surface area contributed by atoms with Gasteiger partial charge in [0, 0.05) is 29.6 Å². The van der Waals surface area contributed by atoms with Crippen LogP contribution in [0.4, 0.5) is 9.59 Å². The molecule has 0 atom stereocenters. The summed E-state index contributed by atoms with van der Waals surface area (Å²) in [6, 6.07) is 11.0. The van der Waals surface area contributed by atoms with Gasteiger partial charge < -0.3 is 19.3 Å². The minimum absolute atomic E-state index is 0.0265. The first-order chi connectivity index (χ1) is 14.0. The van der Waals surface area contributed by atoms with Crippen molar-refractivity contribution in [2.24, 2.45) is 0 Å². The van der Waals surface area contributed by atoms with Crippen molar-refractivity contribution in [1.29, 1.82) is 0 Å². The minimum atomic E-state index is -0.475. The number of fused-ring (bicyclic) bond motifs is 1. The summed E-state index contributed by atoms with van der Waals surface area (Å²) in [7, 11) is 0. The van der Waals surface area contributed by atoms with Crippen molar-refractivity contribution in [2.75, 3.05) is 0 Å². The number of rotatable bonds is 6. The molecular weight excluding hydrogens is 380 g/mol. The molecule has 0 spiro atoms. The summed E-state index contributed by atoms with van der Waals surface area (Å²) in [5.74, 6) is 0.482. The predicted octanol–water partition coefficient (Wildman–Crippen LogP) is 6.08. The van der Waals surface area contributed by atoms with E-state index in [4.69, 9.17) is 9.47 Å². The fourth-order valence-corrected chi connectivity index (χ4v) is 3.73. The maximum atomic E-state index is 13.0. The van der Waals surface area contributed by atoms with Crippen molar-refractivity contribution in [3.8, 4) is 11.5 Å². The Bertz CT molecular complexity index is 874. The van der Waals surface area contributed by atoms with Crippen LogP contribution in [0.25, 0.3) is 10.8 Å². The molecular formula is C24H34N2O4. The van der Waals surface area contributed by atoms with Gasteiger partial charge in [0.15, 0.2) is 11.5 Å². The van der Waals surface area contributed by atoms with E-state index < -0.39 is 12.2 Å². The number of benzene rings is 2. The Balaban J connectivity index is 2.48. The van der Waals surface area contributed by atoms with E-state index in [-0.39, 0.29) is 35.7 Å². The summed E-state index contributed by atoms with van der Waals surface area (Å²) >= 11 is 0. The van der Waals surface area contributed by atoms with Gasteiger partial charge >= 0.3 is 12.2 Å². The van der Waals surface area contributed by atoms with Crippen LogP contribution < -0.4 is 9.47 Å². The number of hydrogen-bond donors (Lipinski definition) is 0. The monoisotopic (exact) mass is 414 g/mol. The Morgan fingerprint density at radius 1 is 0.667 bits per heavy atom. The highest BCUT2D eigenvalue weighted by atomic mass is 16.6. The van der Waals surface area contributed by atoms with Crippen LogP contribution in [0, 0.1) is 0 Å². The van der Waals surface area contributed by atoms with Gasteiger partial charge in [-0.3, -0.25) is 0 Å². The maximum Gasteiger partial charge on any atom is 0.415 e. The summed E-state index contributed by atoms with van der Waals surface area (Å²) < 4.78 is 11.6. The van der Waals surface area contributed by atoms with Crippen molar-refractivity contribution in [3.63, 3.8) is 0 Å². The highest BCUT2D eigenvalue weighted by Gasteiger charge is 2.27. The highest BCUT2D eigenvalue weighted by Crippen LogP contribution is 2.37. The lowest BCUT2D eigenvalue weighted by atomic mass is 10.1. The molecule has 0 radical (unpaired) electrons. The van der Waals surface area contributed by atoms with E-state index in [1.165, 1.54) is 0 Å². The molecule has 0 unspecified atom stereocenters. The molecule has 2 aromatic carbocycles. The van der Waals surface area contributed by atoms with Crippen LogP contribution in [0.5, 0.6) is 11.5 Å². The summed E-state index contributed by atoms with van der Waals surface area (Å²) in [5.41, 5.74) is 0. The standard InChI is InChI=1S/C24H34N2O4/c1-15(2)25(16(3)4)23(27)29-21-14-13-19-11-9-10-12-20(19)22(21)30-24(28)26(17(5)6)18(7)8/h9-18H,1-8H3. The van der Waals surface area contributed by atoms with Crippen molar-refractivity contribution in [2.45, 2.75) is 79.6 Å². The van der Waals surface area contributed by atoms with Gasteiger partial charge in [0.1, 0.15) is 0 Å². The van der Waals surface area contributed by atoms with Crippen molar-refractivity contribution in [3.05, 3.63) is 36.4 Å².